The number of H-pyrrole nitrogens is 1. The largest absolute Gasteiger partial charge is 0.360 e. The molecular formula is C24H16Cl2N6O3S. The van der Waals surface area contributed by atoms with Gasteiger partial charge in [0.2, 0.25) is 5.91 Å². The maximum Gasteiger partial charge on any atom is 0.271 e. The van der Waals surface area contributed by atoms with Crippen LogP contribution in [0.1, 0.15) is 0 Å². The number of thioether (sulfide) groups is 1. The second-order valence-electron chi connectivity index (χ2n) is 7.62. The van der Waals surface area contributed by atoms with Crippen molar-refractivity contribution in [1.82, 2.24) is 19.7 Å². The van der Waals surface area contributed by atoms with Gasteiger partial charge in [0.15, 0.2) is 11.0 Å². The van der Waals surface area contributed by atoms with Crippen molar-refractivity contribution in [1.29, 1.82) is 0 Å². The predicted molar refractivity (Wildman–Crippen MR) is 141 cm³/mol. The van der Waals surface area contributed by atoms with Crippen molar-refractivity contribution in [3.8, 4) is 17.1 Å². The van der Waals surface area contributed by atoms with Crippen LogP contribution < -0.4 is 5.32 Å². The number of rotatable bonds is 7. The Hall–Kier alpha value is -3.86. The van der Waals surface area contributed by atoms with Gasteiger partial charge >= 0.3 is 0 Å². The van der Waals surface area contributed by atoms with E-state index in [0.717, 1.165) is 22.2 Å². The minimum Gasteiger partial charge on any atom is -0.360 e. The second kappa shape index (κ2) is 10.0. The number of nitrogens with one attached hydrogen (secondary N) is 2. The number of fused-ring (bicyclic) bond motifs is 1. The first-order chi connectivity index (χ1) is 17.4. The lowest BCUT2D eigenvalue weighted by atomic mass is 10.1. The highest BCUT2D eigenvalue weighted by Crippen LogP contribution is 2.33. The molecule has 0 saturated heterocycles. The van der Waals surface area contributed by atoms with Crippen molar-refractivity contribution in [2.75, 3.05) is 11.1 Å². The Labute approximate surface area is 218 Å². The number of hydrogen-bond donors (Lipinski definition) is 2. The van der Waals surface area contributed by atoms with Crippen LogP contribution in [0, 0.1) is 10.1 Å². The lowest BCUT2D eigenvalue weighted by Crippen LogP contribution is -2.15. The second-order valence-corrected chi connectivity index (χ2v) is 9.41. The first-order valence-corrected chi connectivity index (χ1v) is 12.3. The zero-order valence-corrected chi connectivity index (χ0v) is 20.6. The van der Waals surface area contributed by atoms with Crippen LogP contribution in [0.5, 0.6) is 0 Å². The molecule has 2 heterocycles. The van der Waals surface area contributed by atoms with Gasteiger partial charge in [-0.25, -0.2) is 0 Å². The lowest BCUT2D eigenvalue weighted by molar-refractivity contribution is -0.384. The van der Waals surface area contributed by atoms with Crippen molar-refractivity contribution in [2.24, 2.45) is 0 Å². The van der Waals surface area contributed by atoms with Crippen molar-refractivity contribution >= 4 is 63.1 Å². The smallest absolute Gasteiger partial charge is 0.271 e. The van der Waals surface area contributed by atoms with Crippen LogP contribution in [0.4, 0.5) is 11.4 Å². The Morgan fingerprint density at radius 2 is 1.86 bits per heavy atom. The van der Waals surface area contributed by atoms with E-state index < -0.39 is 4.92 Å². The summed E-state index contributed by atoms with van der Waals surface area (Å²) in [6.07, 6.45) is 1.87. The summed E-state index contributed by atoms with van der Waals surface area (Å²) < 4.78 is 1.86. The maximum absolute atomic E-state index is 12.7. The predicted octanol–water partition coefficient (Wildman–Crippen LogP) is 6.36. The molecule has 2 aromatic heterocycles. The number of carbonyl (C=O) groups is 1. The monoisotopic (exact) mass is 538 g/mol. The van der Waals surface area contributed by atoms with Gasteiger partial charge in [0.25, 0.3) is 5.69 Å². The molecule has 0 aliphatic carbocycles. The molecule has 9 nitrogen and oxygen atoms in total. The summed E-state index contributed by atoms with van der Waals surface area (Å²) in [5, 5.41) is 24.5. The van der Waals surface area contributed by atoms with Gasteiger partial charge in [0.05, 0.1) is 21.4 Å². The average molecular weight is 539 g/mol. The van der Waals surface area contributed by atoms with Gasteiger partial charge in [-0.1, -0.05) is 53.2 Å². The van der Waals surface area contributed by atoms with Gasteiger partial charge in [-0.05, 0) is 36.4 Å². The SMILES string of the molecule is O=C(CSc1nnc(-c2c[nH]c3ccccc23)n1-c1ccc(Cl)cc1)Nc1ccc([N+](=O)[O-])cc1Cl. The molecule has 0 bridgehead atoms. The zero-order valence-electron chi connectivity index (χ0n) is 18.3. The minimum absolute atomic E-state index is 0.00687. The summed E-state index contributed by atoms with van der Waals surface area (Å²) in [6.45, 7) is 0. The number of para-hydroxylation sites is 1. The molecule has 5 aromatic rings. The number of anilines is 1. The fraction of sp³-hybridized carbons (Fsp3) is 0.0417. The molecule has 1 amide bonds. The molecule has 5 rings (SSSR count). The molecule has 0 saturated carbocycles. The van der Waals surface area contributed by atoms with Gasteiger partial charge in [0.1, 0.15) is 0 Å². The van der Waals surface area contributed by atoms with E-state index in [9.17, 15) is 14.9 Å². The Morgan fingerprint density at radius 3 is 2.61 bits per heavy atom. The molecular weight excluding hydrogens is 523 g/mol. The molecule has 0 aliphatic heterocycles. The summed E-state index contributed by atoms with van der Waals surface area (Å²) in [6, 6.07) is 19.0. The number of hydrogen-bond acceptors (Lipinski definition) is 6. The van der Waals surface area contributed by atoms with E-state index in [1.807, 2.05) is 47.2 Å². The molecule has 0 radical (unpaired) electrons. The maximum atomic E-state index is 12.7. The van der Waals surface area contributed by atoms with Crippen LogP contribution >= 0.6 is 35.0 Å². The summed E-state index contributed by atoms with van der Waals surface area (Å²) in [4.78, 5) is 26.3. The molecule has 180 valence electrons. The minimum atomic E-state index is -0.553. The van der Waals surface area contributed by atoms with E-state index in [4.69, 9.17) is 23.2 Å². The molecule has 0 fully saturated rings. The Morgan fingerprint density at radius 1 is 1.08 bits per heavy atom. The van der Waals surface area contributed by atoms with Crippen LogP contribution in [0.3, 0.4) is 0 Å². The number of amides is 1. The number of carbonyl (C=O) groups excluding carboxylic acids is 1. The van der Waals surface area contributed by atoms with Gasteiger partial charge in [-0.3, -0.25) is 19.5 Å². The normalized spacial score (nSPS) is 11.1. The molecule has 0 aliphatic rings. The van der Waals surface area contributed by atoms with Crippen molar-refractivity contribution in [2.45, 2.75) is 5.16 Å². The molecule has 36 heavy (non-hydrogen) atoms. The number of halogens is 2. The summed E-state index contributed by atoms with van der Waals surface area (Å²) in [5.41, 5.74) is 2.74. The molecule has 2 N–H and O–H groups in total. The third kappa shape index (κ3) is 4.78. The van der Waals surface area contributed by atoms with Crippen molar-refractivity contribution in [3.05, 3.63) is 93.1 Å². The fourth-order valence-electron chi connectivity index (χ4n) is 3.65. The van der Waals surface area contributed by atoms with E-state index in [2.05, 4.69) is 20.5 Å². The van der Waals surface area contributed by atoms with Crippen LogP contribution in [-0.4, -0.2) is 36.3 Å². The topological polar surface area (TPSA) is 119 Å². The van der Waals surface area contributed by atoms with Gasteiger partial charge < -0.3 is 10.3 Å². The lowest BCUT2D eigenvalue weighted by Gasteiger charge is -2.11. The molecule has 0 spiro atoms. The highest BCUT2D eigenvalue weighted by Gasteiger charge is 2.20. The van der Waals surface area contributed by atoms with Gasteiger partial charge in [-0.2, -0.15) is 0 Å². The van der Waals surface area contributed by atoms with E-state index in [1.165, 1.54) is 30.0 Å². The van der Waals surface area contributed by atoms with E-state index in [-0.39, 0.29) is 28.1 Å². The Balaban J connectivity index is 1.43. The number of benzene rings is 3. The van der Waals surface area contributed by atoms with Crippen LogP contribution in [0.15, 0.2) is 78.1 Å². The van der Waals surface area contributed by atoms with E-state index in [1.54, 1.807) is 12.1 Å². The molecule has 0 atom stereocenters. The number of aromatic nitrogens is 4. The first kappa shape index (κ1) is 23.9. The zero-order chi connectivity index (χ0) is 25.2. The summed E-state index contributed by atoms with van der Waals surface area (Å²) in [5.74, 6) is 0.263. The third-order valence-corrected chi connectivity index (χ3v) is 6.81. The summed E-state index contributed by atoms with van der Waals surface area (Å²) in [7, 11) is 0. The summed E-state index contributed by atoms with van der Waals surface area (Å²) >= 11 is 13.4. The van der Waals surface area contributed by atoms with Gasteiger partial charge in [0, 0.05) is 45.5 Å². The number of nitrogens with zero attached hydrogens (tertiary/aromatic N) is 4. The molecule has 3 aromatic carbocycles. The average Bonchev–Trinajstić information content (AvgIpc) is 3.48. The Kier molecular flexibility index (Phi) is 6.64. The van der Waals surface area contributed by atoms with E-state index >= 15 is 0 Å². The number of non-ortho nitro benzene ring substituents is 1. The van der Waals surface area contributed by atoms with Crippen LogP contribution in [0.25, 0.3) is 28.0 Å². The first-order valence-electron chi connectivity index (χ1n) is 10.5. The molecule has 0 unspecified atom stereocenters. The van der Waals surface area contributed by atoms with Crippen molar-refractivity contribution < 1.29 is 9.72 Å². The van der Waals surface area contributed by atoms with Crippen LogP contribution in [-0.2, 0) is 4.79 Å². The Bertz CT molecular complexity index is 1600. The highest BCUT2D eigenvalue weighted by molar-refractivity contribution is 7.99. The highest BCUT2D eigenvalue weighted by atomic mass is 35.5. The quantitative estimate of drug-likeness (QED) is 0.141. The number of nitro benzene ring substituents is 1. The fourth-order valence-corrected chi connectivity index (χ4v) is 4.75. The molecule has 12 heteroatoms. The number of aromatic amines is 1. The van der Waals surface area contributed by atoms with Gasteiger partial charge in [-0.15, -0.1) is 10.2 Å². The number of nitro groups is 1. The standard InChI is InChI=1S/C24H16Cl2N6O3S/c25-14-5-7-15(8-6-14)31-23(18-12-27-20-4-2-1-3-17(18)20)29-30-24(31)36-13-22(33)28-21-10-9-16(32(34)35)11-19(21)26/h1-12,27H,13H2,(H,28,33). The van der Waals surface area contributed by atoms with E-state index in [0.29, 0.717) is 16.0 Å². The van der Waals surface area contributed by atoms with Crippen LogP contribution in [0.2, 0.25) is 10.0 Å². The van der Waals surface area contributed by atoms with Crippen molar-refractivity contribution in [3.63, 3.8) is 0 Å². The third-order valence-electron chi connectivity index (χ3n) is 5.32.